The summed E-state index contributed by atoms with van der Waals surface area (Å²) < 4.78 is 39.4. The topological polar surface area (TPSA) is 75.9 Å². The van der Waals surface area contributed by atoms with Gasteiger partial charge in [-0.05, 0) is 18.9 Å². The minimum atomic E-state index is -4.49. The van der Waals surface area contributed by atoms with E-state index in [-0.39, 0.29) is 17.4 Å². The molecule has 0 aromatic carbocycles. The molecule has 26 heavy (non-hydrogen) atoms. The lowest BCUT2D eigenvalue weighted by molar-refractivity contribution is -0.141. The Kier molecular flexibility index (Phi) is 5.21. The highest BCUT2D eigenvalue weighted by Crippen LogP contribution is 2.28. The molecule has 0 saturated carbocycles. The van der Waals surface area contributed by atoms with E-state index in [1.807, 2.05) is 0 Å². The Morgan fingerprint density at radius 2 is 2.00 bits per heavy atom. The highest BCUT2D eigenvalue weighted by molar-refractivity contribution is 5.36. The van der Waals surface area contributed by atoms with Crippen LogP contribution in [-0.4, -0.2) is 43.8 Å². The molecule has 1 aliphatic heterocycles. The van der Waals surface area contributed by atoms with Gasteiger partial charge in [0.2, 0.25) is 0 Å². The fraction of sp³-hybridized carbons (Fsp3) is 0.500. The summed E-state index contributed by atoms with van der Waals surface area (Å²) in [6, 6.07) is 2.67. The summed E-state index contributed by atoms with van der Waals surface area (Å²) >= 11 is 0. The van der Waals surface area contributed by atoms with E-state index in [1.54, 1.807) is 19.3 Å². The number of rotatable bonds is 4. The number of nitrogens with zero attached hydrogens (tertiary/aromatic N) is 5. The zero-order chi connectivity index (χ0) is 18.7. The standard InChI is InChI=1S/C16H19F3N6O/c1-24-15(26)11(2-5-22-24)9-25-6-3-12(4-7-25)23-14-8-13(16(17,18)19)20-10-21-14/h2,5,8,10,12H,3-4,6-7,9H2,1H3,(H,20,21,23). The Bertz CT molecular complexity index is 814. The maximum absolute atomic E-state index is 12.7. The van der Waals surface area contributed by atoms with Gasteiger partial charge in [-0.2, -0.15) is 18.3 Å². The predicted octanol–water partition coefficient (Wildman–Crippen LogP) is 1.67. The van der Waals surface area contributed by atoms with E-state index in [0.717, 1.165) is 38.3 Å². The van der Waals surface area contributed by atoms with E-state index in [4.69, 9.17) is 0 Å². The van der Waals surface area contributed by atoms with Gasteiger partial charge in [0.25, 0.3) is 5.56 Å². The fourth-order valence-corrected chi connectivity index (χ4v) is 2.95. The van der Waals surface area contributed by atoms with E-state index in [9.17, 15) is 18.0 Å². The van der Waals surface area contributed by atoms with Crippen molar-refractivity contribution < 1.29 is 13.2 Å². The van der Waals surface area contributed by atoms with Gasteiger partial charge in [-0.1, -0.05) is 0 Å². The zero-order valence-electron chi connectivity index (χ0n) is 14.2. The largest absolute Gasteiger partial charge is 0.433 e. The minimum absolute atomic E-state index is 0.0301. The van der Waals surface area contributed by atoms with Crippen molar-refractivity contribution in [2.24, 2.45) is 7.05 Å². The number of alkyl halides is 3. The molecule has 3 heterocycles. The average molecular weight is 368 g/mol. The van der Waals surface area contributed by atoms with Crippen molar-refractivity contribution in [1.82, 2.24) is 24.6 Å². The van der Waals surface area contributed by atoms with Gasteiger partial charge in [0, 0.05) is 50.6 Å². The number of halogens is 3. The zero-order valence-corrected chi connectivity index (χ0v) is 14.2. The summed E-state index contributed by atoms with van der Waals surface area (Å²) in [4.78, 5) is 21.3. The molecule has 1 N–H and O–H groups in total. The molecule has 1 fully saturated rings. The molecule has 2 aromatic rings. The van der Waals surface area contributed by atoms with Crippen LogP contribution in [0.15, 0.2) is 29.5 Å². The van der Waals surface area contributed by atoms with Gasteiger partial charge >= 0.3 is 6.18 Å². The quantitative estimate of drug-likeness (QED) is 0.885. The van der Waals surface area contributed by atoms with Crippen LogP contribution in [0.3, 0.4) is 0 Å². The van der Waals surface area contributed by atoms with Crippen LogP contribution in [0.2, 0.25) is 0 Å². The monoisotopic (exact) mass is 368 g/mol. The minimum Gasteiger partial charge on any atom is -0.367 e. The van der Waals surface area contributed by atoms with Crippen LogP contribution in [0.25, 0.3) is 0 Å². The molecule has 0 radical (unpaired) electrons. The van der Waals surface area contributed by atoms with E-state index in [2.05, 4.69) is 25.3 Å². The second-order valence-electron chi connectivity index (χ2n) is 6.27. The molecular formula is C16H19F3N6O. The van der Waals surface area contributed by atoms with Crippen molar-refractivity contribution >= 4 is 5.82 Å². The molecule has 0 unspecified atom stereocenters. The number of piperidine rings is 1. The average Bonchev–Trinajstić information content (AvgIpc) is 2.60. The van der Waals surface area contributed by atoms with Crippen LogP contribution in [0, 0.1) is 0 Å². The predicted molar refractivity (Wildman–Crippen MR) is 88.4 cm³/mol. The van der Waals surface area contributed by atoms with E-state index < -0.39 is 11.9 Å². The molecule has 0 amide bonds. The highest BCUT2D eigenvalue weighted by Gasteiger charge is 2.33. The molecule has 10 heteroatoms. The summed E-state index contributed by atoms with van der Waals surface area (Å²) in [6.45, 7) is 2.01. The number of anilines is 1. The molecule has 0 spiro atoms. The third-order valence-electron chi connectivity index (χ3n) is 4.38. The fourth-order valence-electron chi connectivity index (χ4n) is 2.95. The first-order chi connectivity index (χ1) is 12.3. The maximum atomic E-state index is 12.7. The molecule has 0 aliphatic carbocycles. The number of nitrogens with one attached hydrogen (secondary N) is 1. The molecule has 1 aliphatic rings. The van der Waals surface area contributed by atoms with Crippen LogP contribution in [0.5, 0.6) is 0 Å². The summed E-state index contributed by atoms with van der Waals surface area (Å²) in [5.41, 5.74) is -0.395. The lowest BCUT2D eigenvalue weighted by atomic mass is 10.0. The van der Waals surface area contributed by atoms with E-state index in [1.165, 1.54) is 4.68 Å². The second-order valence-corrected chi connectivity index (χ2v) is 6.27. The first-order valence-corrected chi connectivity index (χ1v) is 8.22. The Morgan fingerprint density at radius 3 is 2.69 bits per heavy atom. The Hall–Kier alpha value is -2.49. The van der Waals surface area contributed by atoms with Crippen molar-refractivity contribution in [2.75, 3.05) is 18.4 Å². The Balaban J connectivity index is 1.56. The molecule has 7 nitrogen and oxygen atoms in total. The summed E-state index contributed by atoms with van der Waals surface area (Å²) in [7, 11) is 1.61. The summed E-state index contributed by atoms with van der Waals surface area (Å²) in [5.74, 6) is 0.175. The van der Waals surface area contributed by atoms with Gasteiger partial charge in [0.05, 0.1) is 0 Å². The summed E-state index contributed by atoms with van der Waals surface area (Å²) in [5, 5.41) is 6.94. The first kappa shape index (κ1) is 18.3. The molecule has 1 saturated heterocycles. The highest BCUT2D eigenvalue weighted by atomic mass is 19.4. The molecule has 2 aromatic heterocycles. The van der Waals surface area contributed by atoms with E-state index in [0.29, 0.717) is 12.1 Å². The summed E-state index contributed by atoms with van der Waals surface area (Å²) in [6.07, 6.45) is -0.481. The van der Waals surface area contributed by atoms with Gasteiger partial charge in [0.1, 0.15) is 17.8 Å². The number of aromatic nitrogens is 4. The molecule has 140 valence electrons. The SMILES string of the molecule is Cn1nccc(CN2CCC(Nc3cc(C(F)(F)F)ncn3)CC2)c1=O. The van der Waals surface area contributed by atoms with Gasteiger partial charge < -0.3 is 5.32 Å². The number of aryl methyl sites for hydroxylation is 1. The Morgan fingerprint density at radius 1 is 1.27 bits per heavy atom. The Labute approximate surface area is 147 Å². The molecule has 3 rings (SSSR count). The van der Waals surface area contributed by atoms with Crippen molar-refractivity contribution in [1.29, 1.82) is 0 Å². The van der Waals surface area contributed by atoms with Gasteiger partial charge in [-0.25, -0.2) is 14.6 Å². The second kappa shape index (κ2) is 7.40. The van der Waals surface area contributed by atoms with Crippen LogP contribution in [0.1, 0.15) is 24.1 Å². The number of hydrogen-bond acceptors (Lipinski definition) is 6. The lowest BCUT2D eigenvalue weighted by Gasteiger charge is -2.32. The van der Waals surface area contributed by atoms with Crippen LogP contribution in [-0.2, 0) is 19.8 Å². The third-order valence-corrected chi connectivity index (χ3v) is 4.38. The van der Waals surface area contributed by atoms with Crippen LogP contribution in [0.4, 0.5) is 19.0 Å². The molecule has 0 bridgehead atoms. The van der Waals surface area contributed by atoms with E-state index >= 15 is 0 Å². The smallest absolute Gasteiger partial charge is 0.367 e. The van der Waals surface area contributed by atoms with Crippen LogP contribution < -0.4 is 10.9 Å². The number of hydrogen-bond donors (Lipinski definition) is 1. The lowest BCUT2D eigenvalue weighted by Crippen LogP contribution is -2.40. The number of likely N-dealkylation sites (tertiary alicyclic amines) is 1. The van der Waals surface area contributed by atoms with Gasteiger partial charge in [-0.15, -0.1) is 0 Å². The van der Waals surface area contributed by atoms with Crippen molar-refractivity contribution in [3.63, 3.8) is 0 Å². The van der Waals surface area contributed by atoms with Crippen molar-refractivity contribution in [2.45, 2.75) is 31.6 Å². The van der Waals surface area contributed by atoms with Gasteiger partial charge in [-0.3, -0.25) is 9.69 Å². The third kappa shape index (κ3) is 4.37. The molecule has 0 atom stereocenters. The maximum Gasteiger partial charge on any atom is 0.433 e. The van der Waals surface area contributed by atoms with Gasteiger partial charge in [0.15, 0.2) is 0 Å². The van der Waals surface area contributed by atoms with Crippen LogP contribution >= 0.6 is 0 Å². The normalized spacial score (nSPS) is 16.6. The van der Waals surface area contributed by atoms with Crippen molar-refractivity contribution in [3.05, 3.63) is 46.3 Å². The van der Waals surface area contributed by atoms with Crippen molar-refractivity contribution in [3.8, 4) is 0 Å². The molecular weight excluding hydrogens is 349 g/mol. The first-order valence-electron chi connectivity index (χ1n) is 8.22.